The van der Waals surface area contributed by atoms with Gasteiger partial charge in [0.25, 0.3) is 5.91 Å². The van der Waals surface area contributed by atoms with Crippen LogP contribution in [-0.4, -0.2) is 12.5 Å². The molecule has 2 nitrogen and oxygen atoms in total. The minimum atomic E-state index is -0.0712. The van der Waals surface area contributed by atoms with Crippen molar-refractivity contribution in [2.75, 3.05) is 6.54 Å². The molecule has 1 aromatic heterocycles. The van der Waals surface area contributed by atoms with E-state index >= 15 is 0 Å². The van der Waals surface area contributed by atoms with Crippen molar-refractivity contribution in [1.29, 1.82) is 0 Å². The molecule has 1 amide bonds. The van der Waals surface area contributed by atoms with Gasteiger partial charge in [-0.2, -0.15) is 0 Å². The number of hydrogen-bond donors (Lipinski definition) is 1. The Balaban J connectivity index is 2.03. The lowest BCUT2D eigenvalue weighted by molar-refractivity contribution is 0.0949. The van der Waals surface area contributed by atoms with Gasteiger partial charge in [0, 0.05) is 16.8 Å². The molecule has 1 heterocycles. The van der Waals surface area contributed by atoms with Crippen molar-refractivity contribution in [2.45, 2.75) is 33.1 Å². The van der Waals surface area contributed by atoms with E-state index in [1.165, 1.54) is 16.0 Å². The summed E-state index contributed by atoms with van der Waals surface area (Å²) in [6, 6.07) is 12.2. The number of aryl methyl sites for hydroxylation is 2. The minimum absolute atomic E-state index is 0.0233. The summed E-state index contributed by atoms with van der Waals surface area (Å²) in [5.74, 6) is 0.0233. The molecule has 0 aliphatic rings. The first-order valence-electron chi connectivity index (χ1n) is 6.81. The van der Waals surface area contributed by atoms with Gasteiger partial charge in [0.15, 0.2) is 0 Å². The number of carbonyl (C=O) groups is 1. The maximum atomic E-state index is 12.2. The van der Waals surface area contributed by atoms with Crippen molar-refractivity contribution in [3.05, 3.63) is 57.3 Å². The molecule has 0 saturated heterocycles. The van der Waals surface area contributed by atoms with Gasteiger partial charge in [0.2, 0.25) is 0 Å². The Morgan fingerprint density at radius 3 is 2.40 bits per heavy atom. The summed E-state index contributed by atoms with van der Waals surface area (Å²) >= 11 is 1.56. The normalized spacial score (nSPS) is 11.4. The molecule has 1 aromatic carbocycles. The van der Waals surface area contributed by atoms with Crippen LogP contribution in [0.15, 0.2) is 36.4 Å². The van der Waals surface area contributed by atoms with Crippen molar-refractivity contribution in [3.8, 4) is 0 Å². The molecule has 0 atom stereocenters. The fourth-order valence-corrected chi connectivity index (χ4v) is 3.02. The number of thiophene rings is 1. The van der Waals surface area contributed by atoms with E-state index in [-0.39, 0.29) is 11.3 Å². The number of nitrogens with one attached hydrogen (secondary N) is 1. The van der Waals surface area contributed by atoms with Crippen LogP contribution < -0.4 is 5.32 Å². The molecule has 2 rings (SSSR count). The van der Waals surface area contributed by atoms with Gasteiger partial charge in [-0.15, -0.1) is 11.3 Å². The second kappa shape index (κ2) is 5.80. The zero-order valence-corrected chi connectivity index (χ0v) is 13.3. The molecular formula is C17H21NOS. The number of carbonyl (C=O) groups excluding carboxylic acids is 1. The fraction of sp³-hybridized carbons (Fsp3) is 0.353. The Kier molecular flexibility index (Phi) is 4.29. The van der Waals surface area contributed by atoms with Gasteiger partial charge >= 0.3 is 0 Å². The van der Waals surface area contributed by atoms with E-state index in [0.29, 0.717) is 6.54 Å². The highest BCUT2D eigenvalue weighted by atomic mass is 32.1. The standard InChI is InChI=1S/C17H21NOS/c1-12-10-15(20-13(12)2)16(19)18-11-17(3,4)14-8-6-5-7-9-14/h5-10H,11H2,1-4H3,(H,18,19). The molecule has 0 bridgehead atoms. The van der Waals surface area contributed by atoms with Gasteiger partial charge < -0.3 is 5.32 Å². The fourth-order valence-electron chi connectivity index (χ4n) is 2.06. The molecule has 0 saturated carbocycles. The number of rotatable bonds is 4. The highest BCUT2D eigenvalue weighted by Gasteiger charge is 2.21. The first kappa shape index (κ1) is 14.8. The van der Waals surface area contributed by atoms with Crippen LogP contribution in [0.1, 0.15) is 39.5 Å². The molecule has 0 unspecified atom stereocenters. The number of amides is 1. The summed E-state index contributed by atoms with van der Waals surface area (Å²) in [6.45, 7) is 9.01. The van der Waals surface area contributed by atoms with Crippen molar-refractivity contribution >= 4 is 17.2 Å². The molecule has 0 spiro atoms. The van der Waals surface area contributed by atoms with E-state index in [9.17, 15) is 4.79 Å². The zero-order chi connectivity index (χ0) is 14.8. The number of benzene rings is 1. The van der Waals surface area contributed by atoms with E-state index in [4.69, 9.17) is 0 Å². The second-order valence-electron chi connectivity index (χ2n) is 5.78. The number of hydrogen-bond acceptors (Lipinski definition) is 2. The van der Waals surface area contributed by atoms with Crippen molar-refractivity contribution in [2.24, 2.45) is 0 Å². The third kappa shape index (κ3) is 3.28. The lowest BCUT2D eigenvalue weighted by Gasteiger charge is -2.25. The summed E-state index contributed by atoms with van der Waals surface area (Å²) in [4.78, 5) is 14.2. The van der Waals surface area contributed by atoms with Crippen molar-refractivity contribution in [1.82, 2.24) is 5.32 Å². The topological polar surface area (TPSA) is 29.1 Å². The predicted molar refractivity (Wildman–Crippen MR) is 85.6 cm³/mol. The third-order valence-electron chi connectivity index (χ3n) is 3.64. The van der Waals surface area contributed by atoms with Gasteiger partial charge in [-0.05, 0) is 31.0 Å². The van der Waals surface area contributed by atoms with E-state index < -0.39 is 0 Å². The average Bonchev–Trinajstić information content (AvgIpc) is 2.77. The van der Waals surface area contributed by atoms with E-state index in [1.807, 2.05) is 38.1 Å². The molecular weight excluding hydrogens is 266 g/mol. The monoisotopic (exact) mass is 287 g/mol. The van der Waals surface area contributed by atoms with Crippen LogP contribution >= 0.6 is 11.3 Å². The predicted octanol–water partition coefficient (Wildman–Crippen LogP) is 4.07. The van der Waals surface area contributed by atoms with Gasteiger partial charge in [0.05, 0.1) is 4.88 Å². The summed E-state index contributed by atoms with van der Waals surface area (Å²) in [6.07, 6.45) is 0. The molecule has 0 aliphatic heterocycles. The molecule has 0 aliphatic carbocycles. The van der Waals surface area contributed by atoms with Crippen LogP contribution in [0.4, 0.5) is 0 Å². The van der Waals surface area contributed by atoms with Crippen LogP contribution in [0.2, 0.25) is 0 Å². The van der Waals surface area contributed by atoms with Crippen LogP contribution in [0, 0.1) is 13.8 Å². The highest BCUT2D eigenvalue weighted by Crippen LogP contribution is 2.23. The molecule has 20 heavy (non-hydrogen) atoms. The first-order valence-corrected chi connectivity index (χ1v) is 7.62. The average molecular weight is 287 g/mol. The third-order valence-corrected chi connectivity index (χ3v) is 4.79. The molecule has 106 valence electrons. The van der Waals surface area contributed by atoms with Gasteiger partial charge in [-0.1, -0.05) is 44.2 Å². The van der Waals surface area contributed by atoms with E-state index in [2.05, 4.69) is 31.3 Å². The SMILES string of the molecule is Cc1cc(C(=O)NCC(C)(C)c2ccccc2)sc1C. The Morgan fingerprint density at radius 1 is 1.20 bits per heavy atom. The Bertz CT molecular complexity index is 579. The van der Waals surface area contributed by atoms with Crippen LogP contribution in [0.3, 0.4) is 0 Å². The Morgan fingerprint density at radius 2 is 1.85 bits per heavy atom. The second-order valence-corrected chi connectivity index (χ2v) is 7.04. The summed E-state index contributed by atoms with van der Waals surface area (Å²) < 4.78 is 0. The van der Waals surface area contributed by atoms with Crippen molar-refractivity contribution in [3.63, 3.8) is 0 Å². The maximum Gasteiger partial charge on any atom is 0.261 e. The smallest absolute Gasteiger partial charge is 0.261 e. The van der Waals surface area contributed by atoms with Gasteiger partial charge in [-0.3, -0.25) is 4.79 Å². The lowest BCUT2D eigenvalue weighted by atomic mass is 9.84. The van der Waals surface area contributed by atoms with Crippen LogP contribution in [0.25, 0.3) is 0 Å². The lowest BCUT2D eigenvalue weighted by Crippen LogP contribution is -2.36. The molecule has 3 heteroatoms. The van der Waals surface area contributed by atoms with Gasteiger partial charge in [0.1, 0.15) is 0 Å². The van der Waals surface area contributed by atoms with Crippen LogP contribution in [-0.2, 0) is 5.41 Å². The van der Waals surface area contributed by atoms with Crippen LogP contribution in [0.5, 0.6) is 0 Å². The zero-order valence-electron chi connectivity index (χ0n) is 12.5. The summed E-state index contributed by atoms with van der Waals surface area (Å²) in [5.41, 5.74) is 2.35. The van der Waals surface area contributed by atoms with E-state index in [0.717, 1.165) is 4.88 Å². The minimum Gasteiger partial charge on any atom is -0.350 e. The molecule has 0 fully saturated rings. The molecule has 0 radical (unpaired) electrons. The maximum absolute atomic E-state index is 12.2. The van der Waals surface area contributed by atoms with Gasteiger partial charge in [-0.25, -0.2) is 0 Å². The van der Waals surface area contributed by atoms with E-state index in [1.54, 1.807) is 11.3 Å². The molecule has 2 aromatic rings. The quantitative estimate of drug-likeness (QED) is 0.902. The molecule has 1 N–H and O–H groups in total. The highest BCUT2D eigenvalue weighted by molar-refractivity contribution is 7.14. The summed E-state index contributed by atoms with van der Waals surface area (Å²) in [7, 11) is 0. The Labute approximate surface area is 124 Å². The van der Waals surface area contributed by atoms with Crippen molar-refractivity contribution < 1.29 is 4.79 Å². The summed E-state index contributed by atoms with van der Waals surface area (Å²) in [5, 5.41) is 3.05. The largest absolute Gasteiger partial charge is 0.350 e. The Hall–Kier alpha value is -1.61. The first-order chi connectivity index (χ1) is 9.40.